The first-order valence-electron chi connectivity index (χ1n) is 7.39. The van der Waals surface area contributed by atoms with Crippen LogP contribution in [0.2, 0.25) is 0 Å². The number of aliphatic hydroxyl groups is 1. The minimum Gasteiger partial charge on any atom is -0.388 e. The van der Waals surface area contributed by atoms with Crippen LogP contribution in [0.1, 0.15) is 56.7 Å². The van der Waals surface area contributed by atoms with Crippen molar-refractivity contribution < 1.29 is 9.84 Å². The van der Waals surface area contributed by atoms with Gasteiger partial charge in [-0.15, -0.1) is 0 Å². The maximum atomic E-state index is 10.3. The normalized spacial score (nSPS) is 21.4. The van der Waals surface area contributed by atoms with Crippen molar-refractivity contribution in [3.8, 4) is 0 Å². The zero-order valence-corrected chi connectivity index (χ0v) is 12.7. The largest absolute Gasteiger partial charge is 0.388 e. The Morgan fingerprint density at radius 1 is 1.47 bits per heavy atom. The highest BCUT2D eigenvalue weighted by molar-refractivity contribution is 5.33. The molecule has 1 unspecified atom stereocenters. The predicted octanol–water partition coefficient (Wildman–Crippen LogP) is 3.23. The van der Waals surface area contributed by atoms with E-state index in [2.05, 4.69) is 31.4 Å². The third kappa shape index (κ3) is 3.21. The fraction of sp³-hybridized carbons (Fsp3) is 0.750. The van der Waals surface area contributed by atoms with Crippen LogP contribution in [0.4, 0.5) is 0 Å². The second-order valence-electron chi connectivity index (χ2n) is 6.45. The molecule has 1 N–H and O–H groups in total. The molecule has 0 saturated carbocycles. The van der Waals surface area contributed by atoms with Crippen LogP contribution in [-0.2, 0) is 17.7 Å². The van der Waals surface area contributed by atoms with Crippen LogP contribution >= 0.6 is 0 Å². The fourth-order valence-electron chi connectivity index (χ4n) is 3.18. The van der Waals surface area contributed by atoms with Gasteiger partial charge in [0.1, 0.15) is 0 Å². The lowest BCUT2D eigenvalue weighted by Crippen LogP contribution is -2.27. The number of ether oxygens (including phenoxy) is 1. The van der Waals surface area contributed by atoms with Crippen LogP contribution in [0.15, 0.2) is 6.07 Å². The maximum absolute atomic E-state index is 10.3. The summed E-state index contributed by atoms with van der Waals surface area (Å²) < 4.78 is 7.79. The van der Waals surface area contributed by atoms with Gasteiger partial charge in [-0.2, -0.15) is 0 Å². The SMILES string of the molecule is CCOCCCn1c(C)cc2c1CC(C)(C)CC2O. The Bertz CT molecular complexity index is 434. The molecule has 1 aliphatic rings. The number of fused-ring (bicyclic) bond motifs is 1. The minimum atomic E-state index is -0.300. The van der Waals surface area contributed by atoms with Gasteiger partial charge < -0.3 is 14.4 Å². The molecule has 2 rings (SSSR count). The first-order valence-corrected chi connectivity index (χ1v) is 7.39. The Hall–Kier alpha value is -0.800. The first-order chi connectivity index (χ1) is 8.94. The molecule has 0 aliphatic heterocycles. The lowest BCUT2D eigenvalue weighted by atomic mass is 9.75. The molecule has 0 fully saturated rings. The second-order valence-corrected chi connectivity index (χ2v) is 6.45. The van der Waals surface area contributed by atoms with Crippen LogP contribution in [0.3, 0.4) is 0 Å². The molecule has 0 amide bonds. The van der Waals surface area contributed by atoms with Gasteiger partial charge in [0.25, 0.3) is 0 Å². The van der Waals surface area contributed by atoms with Gasteiger partial charge in [-0.05, 0) is 44.6 Å². The number of hydrogen-bond donors (Lipinski definition) is 1. The van der Waals surface area contributed by atoms with Crippen LogP contribution < -0.4 is 0 Å². The van der Waals surface area contributed by atoms with Gasteiger partial charge in [0.05, 0.1) is 6.10 Å². The predicted molar refractivity (Wildman–Crippen MR) is 77.3 cm³/mol. The third-order valence-corrected chi connectivity index (χ3v) is 4.07. The van der Waals surface area contributed by atoms with Gasteiger partial charge in [0.15, 0.2) is 0 Å². The zero-order valence-electron chi connectivity index (χ0n) is 12.7. The summed E-state index contributed by atoms with van der Waals surface area (Å²) in [5.74, 6) is 0. The van der Waals surface area contributed by atoms with E-state index in [0.29, 0.717) is 0 Å². The van der Waals surface area contributed by atoms with Crippen molar-refractivity contribution in [2.75, 3.05) is 13.2 Å². The van der Waals surface area contributed by atoms with E-state index in [-0.39, 0.29) is 11.5 Å². The van der Waals surface area contributed by atoms with E-state index in [1.165, 1.54) is 11.4 Å². The molecule has 0 bridgehead atoms. The molecule has 1 heterocycles. The van der Waals surface area contributed by atoms with E-state index >= 15 is 0 Å². The van der Waals surface area contributed by atoms with Gasteiger partial charge in [0, 0.05) is 36.7 Å². The lowest BCUT2D eigenvalue weighted by molar-refractivity contribution is 0.0975. The number of aromatic nitrogens is 1. The van der Waals surface area contributed by atoms with Gasteiger partial charge in [-0.25, -0.2) is 0 Å². The Labute approximate surface area is 116 Å². The molecular formula is C16H27NO2. The van der Waals surface area contributed by atoms with E-state index in [0.717, 1.165) is 44.6 Å². The zero-order chi connectivity index (χ0) is 14.0. The molecule has 19 heavy (non-hydrogen) atoms. The van der Waals surface area contributed by atoms with Crippen LogP contribution in [0.5, 0.6) is 0 Å². The van der Waals surface area contributed by atoms with Crippen molar-refractivity contribution in [2.24, 2.45) is 5.41 Å². The standard InChI is InChI=1S/C16H27NO2/c1-5-19-8-6-7-17-12(2)9-13-14(17)10-16(3,4)11-15(13)18/h9,15,18H,5-8,10-11H2,1-4H3. The van der Waals surface area contributed by atoms with E-state index in [4.69, 9.17) is 4.74 Å². The summed E-state index contributed by atoms with van der Waals surface area (Å²) >= 11 is 0. The van der Waals surface area contributed by atoms with Gasteiger partial charge in [0.2, 0.25) is 0 Å². The second kappa shape index (κ2) is 5.68. The van der Waals surface area contributed by atoms with Crippen molar-refractivity contribution >= 4 is 0 Å². The Morgan fingerprint density at radius 3 is 2.89 bits per heavy atom. The molecule has 1 aromatic heterocycles. The summed E-state index contributed by atoms with van der Waals surface area (Å²) in [6, 6.07) is 2.16. The average Bonchev–Trinajstić information content (AvgIpc) is 2.61. The van der Waals surface area contributed by atoms with E-state index in [1.54, 1.807) is 0 Å². The Balaban J connectivity index is 2.16. The summed E-state index contributed by atoms with van der Waals surface area (Å²) in [5.41, 5.74) is 3.93. The van der Waals surface area contributed by atoms with Gasteiger partial charge in [-0.1, -0.05) is 13.8 Å². The maximum Gasteiger partial charge on any atom is 0.0812 e. The van der Waals surface area contributed by atoms with Crippen molar-refractivity contribution in [3.05, 3.63) is 23.0 Å². The molecule has 0 radical (unpaired) electrons. The molecule has 1 aliphatic carbocycles. The molecule has 1 atom stereocenters. The summed E-state index contributed by atoms with van der Waals surface area (Å²) in [4.78, 5) is 0. The van der Waals surface area contributed by atoms with Crippen LogP contribution in [-0.4, -0.2) is 22.9 Å². The number of nitrogens with zero attached hydrogens (tertiary/aromatic N) is 1. The Morgan fingerprint density at radius 2 is 2.21 bits per heavy atom. The number of rotatable bonds is 5. The highest BCUT2D eigenvalue weighted by atomic mass is 16.5. The fourth-order valence-corrected chi connectivity index (χ4v) is 3.18. The highest BCUT2D eigenvalue weighted by Gasteiger charge is 2.33. The number of hydrogen-bond acceptors (Lipinski definition) is 2. The minimum absolute atomic E-state index is 0.189. The molecule has 3 nitrogen and oxygen atoms in total. The molecule has 0 saturated heterocycles. The van der Waals surface area contributed by atoms with Crippen molar-refractivity contribution in [1.29, 1.82) is 0 Å². The smallest absolute Gasteiger partial charge is 0.0812 e. The molecule has 108 valence electrons. The van der Waals surface area contributed by atoms with Crippen molar-refractivity contribution in [2.45, 2.75) is 59.6 Å². The van der Waals surface area contributed by atoms with Crippen molar-refractivity contribution in [3.63, 3.8) is 0 Å². The van der Waals surface area contributed by atoms with Gasteiger partial charge >= 0.3 is 0 Å². The molecule has 0 spiro atoms. The average molecular weight is 265 g/mol. The third-order valence-electron chi connectivity index (χ3n) is 4.07. The van der Waals surface area contributed by atoms with E-state index in [1.807, 2.05) is 6.92 Å². The summed E-state index contributed by atoms with van der Waals surface area (Å²) in [6.45, 7) is 11.2. The Kier molecular flexibility index (Phi) is 4.36. The van der Waals surface area contributed by atoms with E-state index < -0.39 is 0 Å². The quantitative estimate of drug-likeness (QED) is 0.829. The molecule has 0 aromatic carbocycles. The van der Waals surface area contributed by atoms with Crippen molar-refractivity contribution in [1.82, 2.24) is 4.57 Å². The summed E-state index contributed by atoms with van der Waals surface area (Å²) in [5, 5.41) is 10.3. The van der Waals surface area contributed by atoms with Crippen LogP contribution in [0, 0.1) is 12.3 Å². The summed E-state index contributed by atoms with van der Waals surface area (Å²) in [7, 11) is 0. The van der Waals surface area contributed by atoms with E-state index in [9.17, 15) is 5.11 Å². The highest BCUT2D eigenvalue weighted by Crippen LogP contribution is 2.41. The number of aliphatic hydroxyl groups excluding tert-OH is 1. The molecular weight excluding hydrogens is 238 g/mol. The summed E-state index contributed by atoms with van der Waals surface area (Å²) in [6.07, 6.45) is 2.65. The first kappa shape index (κ1) is 14.6. The topological polar surface area (TPSA) is 34.4 Å². The molecule has 3 heteroatoms. The van der Waals surface area contributed by atoms with Crippen LogP contribution in [0.25, 0.3) is 0 Å². The lowest BCUT2D eigenvalue weighted by Gasteiger charge is -2.34. The molecule has 1 aromatic rings. The van der Waals surface area contributed by atoms with Gasteiger partial charge in [-0.3, -0.25) is 0 Å². The monoisotopic (exact) mass is 265 g/mol. The number of aryl methyl sites for hydroxylation is 1.